The smallest absolute Gasteiger partial charge is 0.222 e. The summed E-state index contributed by atoms with van der Waals surface area (Å²) < 4.78 is 0. The fraction of sp³-hybridized carbons (Fsp3) is 0.250. The summed E-state index contributed by atoms with van der Waals surface area (Å²) in [4.78, 5) is 7.56. The first kappa shape index (κ1) is 8.98. The van der Waals surface area contributed by atoms with E-state index in [0.717, 1.165) is 5.56 Å². The Balaban J connectivity index is 2.66. The first-order valence-electron chi connectivity index (χ1n) is 3.49. The molecule has 1 heterocycles. The molecule has 0 aliphatic carbocycles. The number of hydrogen-bond donors (Lipinski definition) is 1. The summed E-state index contributed by atoms with van der Waals surface area (Å²) >= 11 is 5.48. The summed E-state index contributed by atoms with van der Waals surface area (Å²) in [6.07, 6.45) is 3.85. The molecule has 0 spiro atoms. The minimum Gasteiger partial charge on any atom is -0.330 e. The van der Waals surface area contributed by atoms with Gasteiger partial charge in [-0.1, -0.05) is 11.8 Å². The van der Waals surface area contributed by atoms with E-state index in [9.17, 15) is 0 Å². The molecule has 1 aromatic rings. The Morgan fingerprint density at radius 1 is 1.42 bits per heavy atom. The summed E-state index contributed by atoms with van der Waals surface area (Å²) in [6, 6.07) is 0. The molecule has 0 amide bonds. The lowest BCUT2D eigenvalue weighted by Crippen LogP contribution is -1.95. The lowest BCUT2D eigenvalue weighted by atomic mass is 10.3. The number of nitrogens with zero attached hydrogens (tertiary/aromatic N) is 2. The van der Waals surface area contributed by atoms with Crippen molar-refractivity contribution in [3.05, 3.63) is 23.2 Å². The van der Waals surface area contributed by atoms with Crippen LogP contribution >= 0.6 is 11.6 Å². The quantitative estimate of drug-likeness (QED) is 0.516. The standard InChI is InChI=1S/C8H8ClN3/c9-8-11-5-7(6-12-8)3-1-2-4-10/h5-6H,2,4,10H2. The van der Waals surface area contributed by atoms with Gasteiger partial charge in [0.2, 0.25) is 5.28 Å². The first-order valence-corrected chi connectivity index (χ1v) is 3.87. The molecule has 62 valence electrons. The van der Waals surface area contributed by atoms with Gasteiger partial charge in [-0.15, -0.1) is 0 Å². The molecule has 4 heteroatoms. The maximum absolute atomic E-state index is 5.48. The van der Waals surface area contributed by atoms with E-state index in [-0.39, 0.29) is 5.28 Å². The number of nitrogens with two attached hydrogens (primary N) is 1. The maximum atomic E-state index is 5.48. The second-order valence-corrected chi connectivity index (χ2v) is 2.42. The van der Waals surface area contributed by atoms with Crippen molar-refractivity contribution in [2.24, 2.45) is 5.73 Å². The van der Waals surface area contributed by atoms with Crippen LogP contribution in [0.2, 0.25) is 5.28 Å². The number of hydrogen-bond acceptors (Lipinski definition) is 3. The third-order valence-electron chi connectivity index (χ3n) is 1.12. The van der Waals surface area contributed by atoms with Crippen molar-refractivity contribution in [3.8, 4) is 11.8 Å². The molecule has 0 aromatic carbocycles. The summed E-state index contributed by atoms with van der Waals surface area (Å²) in [7, 11) is 0. The molecule has 0 unspecified atom stereocenters. The minimum atomic E-state index is 0.236. The van der Waals surface area contributed by atoms with E-state index in [0.29, 0.717) is 13.0 Å². The Bertz CT molecular complexity index is 296. The van der Waals surface area contributed by atoms with Gasteiger partial charge in [0.05, 0.1) is 5.56 Å². The summed E-state index contributed by atoms with van der Waals surface area (Å²) in [6.45, 7) is 0.571. The molecule has 0 saturated carbocycles. The van der Waals surface area contributed by atoms with E-state index in [1.807, 2.05) is 0 Å². The molecule has 0 fully saturated rings. The van der Waals surface area contributed by atoms with Gasteiger partial charge in [-0.2, -0.15) is 0 Å². The number of aromatic nitrogens is 2. The molecule has 3 nitrogen and oxygen atoms in total. The average molecular weight is 182 g/mol. The fourth-order valence-corrected chi connectivity index (χ4v) is 0.711. The molecule has 0 saturated heterocycles. The van der Waals surface area contributed by atoms with Crippen LogP contribution in [0.5, 0.6) is 0 Å². The second kappa shape index (κ2) is 4.70. The zero-order valence-corrected chi connectivity index (χ0v) is 7.17. The molecule has 1 rings (SSSR count). The lowest BCUT2D eigenvalue weighted by molar-refractivity contribution is 1.03. The van der Waals surface area contributed by atoms with E-state index in [1.165, 1.54) is 0 Å². The summed E-state index contributed by atoms with van der Waals surface area (Å²) in [5.74, 6) is 5.73. The Morgan fingerprint density at radius 3 is 2.67 bits per heavy atom. The predicted octanol–water partition coefficient (Wildman–Crippen LogP) is 0.830. The monoisotopic (exact) mass is 181 g/mol. The van der Waals surface area contributed by atoms with Crippen LogP contribution in [0.15, 0.2) is 12.4 Å². The van der Waals surface area contributed by atoms with Gasteiger partial charge in [0.15, 0.2) is 0 Å². The van der Waals surface area contributed by atoms with Crippen LogP contribution in [-0.2, 0) is 0 Å². The highest BCUT2D eigenvalue weighted by Gasteiger charge is 1.88. The van der Waals surface area contributed by atoms with Crippen LogP contribution in [0.25, 0.3) is 0 Å². The summed E-state index contributed by atoms with van der Waals surface area (Å²) in [5.41, 5.74) is 6.02. The zero-order chi connectivity index (χ0) is 8.81. The van der Waals surface area contributed by atoms with Crippen LogP contribution in [-0.4, -0.2) is 16.5 Å². The fourth-order valence-electron chi connectivity index (χ4n) is 0.614. The average Bonchev–Trinajstić information content (AvgIpc) is 2.09. The highest BCUT2D eigenvalue weighted by molar-refractivity contribution is 6.28. The Morgan fingerprint density at radius 2 is 2.08 bits per heavy atom. The normalized spacial score (nSPS) is 8.83. The van der Waals surface area contributed by atoms with Gasteiger partial charge in [0.1, 0.15) is 0 Å². The van der Waals surface area contributed by atoms with Gasteiger partial charge in [0, 0.05) is 25.4 Å². The van der Waals surface area contributed by atoms with Crippen molar-refractivity contribution in [2.45, 2.75) is 6.42 Å². The number of halogens is 1. The molecular formula is C8H8ClN3. The Kier molecular flexibility index (Phi) is 3.52. The highest BCUT2D eigenvalue weighted by atomic mass is 35.5. The van der Waals surface area contributed by atoms with Crippen molar-refractivity contribution in [2.75, 3.05) is 6.54 Å². The third kappa shape index (κ3) is 2.87. The van der Waals surface area contributed by atoms with E-state index >= 15 is 0 Å². The van der Waals surface area contributed by atoms with Crippen LogP contribution in [0.1, 0.15) is 12.0 Å². The van der Waals surface area contributed by atoms with Crippen molar-refractivity contribution in [3.63, 3.8) is 0 Å². The largest absolute Gasteiger partial charge is 0.330 e. The molecule has 0 aliphatic rings. The van der Waals surface area contributed by atoms with Gasteiger partial charge in [-0.3, -0.25) is 0 Å². The Hall–Kier alpha value is -1.11. The lowest BCUT2D eigenvalue weighted by Gasteiger charge is -1.87. The van der Waals surface area contributed by atoms with Gasteiger partial charge in [-0.05, 0) is 11.6 Å². The van der Waals surface area contributed by atoms with Crippen LogP contribution < -0.4 is 5.73 Å². The predicted molar refractivity (Wildman–Crippen MR) is 47.6 cm³/mol. The highest BCUT2D eigenvalue weighted by Crippen LogP contribution is 1.98. The second-order valence-electron chi connectivity index (χ2n) is 2.08. The van der Waals surface area contributed by atoms with E-state index in [1.54, 1.807) is 12.4 Å². The molecule has 1 aromatic heterocycles. The molecule has 0 atom stereocenters. The molecule has 2 N–H and O–H groups in total. The van der Waals surface area contributed by atoms with Crippen LogP contribution in [0.4, 0.5) is 0 Å². The third-order valence-corrected chi connectivity index (χ3v) is 1.32. The van der Waals surface area contributed by atoms with Crippen LogP contribution in [0, 0.1) is 11.8 Å². The zero-order valence-electron chi connectivity index (χ0n) is 6.42. The first-order chi connectivity index (χ1) is 5.83. The van der Waals surface area contributed by atoms with Crippen molar-refractivity contribution >= 4 is 11.6 Å². The van der Waals surface area contributed by atoms with E-state index < -0.39 is 0 Å². The van der Waals surface area contributed by atoms with Gasteiger partial charge >= 0.3 is 0 Å². The molecular weight excluding hydrogens is 174 g/mol. The molecule has 12 heavy (non-hydrogen) atoms. The van der Waals surface area contributed by atoms with Gasteiger partial charge < -0.3 is 5.73 Å². The topological polar surface area (TPSA) is 51.8 Å². The summed E-state index contributed by atoms with van der Waals surface area (Å²) in [5, 5.41) is 0.236. The van der Waals surface area contributed by atoms with Crippen molar-refractivity contribution in [1.82, 2.24) is 9.97 Å². The maximum Gasteiger partial charge on any atom is 0.222 e. The van der Waals surface area contributed by atoms with E-state index in [2.05, 4.69) is 21.8 Å². The van der Waals surface area contributed by atoms with E-state index in [4.69, 9.17) is 17.3 Å². The van der Waals surface area contributed by atoms with Crippen LogP contribution in [0.3, 0.4) is 0 Å². The molecule has 0 radical (unpaired) electrons. The van der Waals surface area contributed by atoms with Crippen molar-refractivity contribution < 1.29 is 0 Å². The number of rotatable bonds is 1. The van der Waals surface area contributed by atoms with Gasteiger partial charge in [0.25, 0.3) is 0 Å². The van der Waals surface area contributed by atoms with Crippen molar-refractivity contribution in [1.29, 1.82) is 0 Å². The SMILES string of the molecule is NCCC#Cc1cnc(Cl)nc1. The molecule has 0 bridgehead atoms. The molecule has 0 aliphatic heterocycles. The minimum absolute atomic E-state index is 0.236. The van der Waals surface area contributed by atoms with Gasteiger partial charge in [-0.25, -0.2) is 9.97 Å². The Labute approximate surface area is 76.0 Å².